The Bertz CT molecular complexity index is 675. The van der Waals surface area contributed by atoms with Gasteiger partial charge in [-0.1, -0.05) is 36.4 Å². The van der Waals surface area contributed by atoms with Crippen molar-refractivity contribution in [3.8, 4) is 0 Å². The SMILES string of the molecule is O=C(Nc1cccc(C(F)(F)F)c1)NC(CO)Cc1ccccc1. The van der Waals surface area contributed by atoms with Crippen molar-refractivity contribution in [3.63, 3.8) is 0 Å². The number of halogens is 3. The highest BCUT2D eigenvalue weighted by Gasteiger charge is 2.30. The highest BCUT2D eigenvalue weighted by Crippen LogP contribution is 2.30. The summed E-state index contributed by atoms with van der Waals surface area (Å²) in [6, 6.07) is 12.4. The van der Waals surface area contributed by atoms with Crippen molar-refractivity contribution in [2.45, 2.75) is 18.6 Å². The summed E-state index contributed by atoms with van der Waals surface area (Å²) >= 11 is 0. The van der Waals surface area contributed by atoms with E-state index in [1.54, 1.807) is 0 Å². The van der Waals surface area contributed by atoms with Gasteiger partial charge in [-0.25, -0.2) is 4.79 Å². The van der Waals surface area contributed by atoms with Crippen molar-refractivity contribution in [2.24, 2.45) is 0 Å². The molecule has 0 aromatic heterocycles. The fourth-order valence-electron chi connectivity index (χ4n) is 2.19. The predicted molar refractivity (Wildman–Crippen MR) is 84.6 cm³/mol. The van der Waals surface area contributed by atoms with Crippen molar-refractivity contribution >= 4 is 11.7 Å². The van der Waals surface area contributed by atoms with E-state index in [0.29, 0.717) is 6.42 Å². The molecule has 0 bridgehead atoms. The van der Waals surface area contributed by atoms with Crippen LogP contribution in [0.15, 0.2) is 54.6 Å². The Morgan fingerprint density at radius 1 is 1.08 bits per heavy atom. The van der Waals surface area contributed by atoms with Crippen LogP contribution in [-0.4, -0.2) is 23.8 Å². The maximum absolute atomic E-state index is 12.7. The van der Waals surface area contributed by atoms with Gasteiger partial charge in [0, 0.05) is 5.69 Å². The molecule has 0 aliphatic heterocycles. The lowest BCUT2D eigenvalue weighted by Crippen LogP contribution is -2.41. The smallest absolute Gasteiger partial charge is 0.394 e. The number of hydrogen-bond donors (Lipinski definition) is 3. The molecule has 2 aromatic rings. The molecule has 0 fully saturated rings. The van der Waals surface area contributed by atoms with Crippen molar-refractivity contribution in [3.05, 3.63) is 65.7 Å². The molecule has 1 unspecified atom stereocenters. The monoisotopic (exact) mass is 338 g/mol. The minimum absolute atomic E-state index is 0.0266. The number of amides is 2. The van der Waals surface area contributed by atoms with Crippen molar-refractivity contribution in [2.75, 3.05) is 11.9 Å². The maximum atomic E-state index is 12.7. The average Bonchev–Trinajstić information content (AvgIpc) is 2.54. The number of benzene rings is 2. The number of anilines is 1. The topological polar surface area (TPSA) is 61.4 Å². The van der Waals surface area contributed by atoms with Gasteiger partial charge in [-0.15, -0.1) is 0 Å². The van der Waals surface area contributed by atoms with Crippen molar-refractivity contribution < 1.29 is 23.1 Å². The number of rotatable bonds is 5. The van der Waals surface area contributed by atoms with Gasteiger partial charge in [-0.05, 0) is 30.2 Å². The fourth-order valence-corrected chi connectivity index (χ4v) is 2.19. The highest BCUT2D eigenvalue weighted by atomic mass is 19.4. The van der Waals surface area contributed by atoms with Crippen LogP contribution in [0.4, 0.5) is 23.7 Å². The molecule has 0 spiro atoms. The van der Waals surface area contributed by atoms with Gasteiger partial charge in [0.25, 0.3) is 0 Å². The van der Waals surface area contributed by atoms with Crippen LogP contribution >= 0.6 is 0 Å². The Kier molecular flexibility index (Phi) is 5.81. The average molecular weight is 338 g/mol. The zero-order valence-electron chi connectivity index (χ0n) is 12.7. The van der Waals surface area contributed by atoms with E-state index in [1.165, 1.54) is 12.1 Å². The van der Waals surface area contributed by atoms with Gasteiger partial charge >= 0.3 is 12.2 Å². The molecule has 0 saturated carbocycles. The largest absolute Gasteiger partial charge is 0.416 e. The summed E-state index contributed by atoms with van der Waals surface area (Å²) in [5, 5.41) is 14.2. The Morgan fingerprint density at radius 3 is 2.42 bits per heavy atom. The first-order chi connectivity index (χ1) is 11.4. The standard InChI is InChI=1S/C17H17F3N2O2/c18-17(19,20)13-7-4-8-14(10-13)21-16(24)22-15(11-23)9-12-5-2-1-3-6-12/h1-8,10,15,23H,9,11H2,(H2,21,22,24). The van der Waals surface area contributed by atoms with Gasteiger partial charge in [-0.3, -0.25) is 0 Å². The van der Waals surface area contributed by atoms with Crippen LogP contribution in [0.2, 0.25) is 0 Å². The predicted octanol–water partition coefficient (Wildman–Crippen LogP) is 3.43. The zero-order valence-corrected chi connectivity index (χ0v) is 12.7. The van der Waals surface area contributed by atoms with E-state index < -0.39 is 23.8 Å². The first-order valence-electron chi connectivity index (χ1n) is 7.28. The second-order valence-corrected chi connectivity index (χ2v) is 5.25. The lowest BCUT2D eigenvalue weighted by atomic mass is 10.1. The van der Waals surface area contributed by atoms with Crippen LogP contribution in [0.1, 0.15) is 11.1 Å². The lowest BCUT2D eigenvalue weighted by molar-refractivity contribution is -0.137. The minimum Gasteiger partial charge on any atom is -0.394 e. The molecule has 3 N–H and O–H groups in total. The number of alkyl halides is 3. The third kappa shape index (κ3) is 5.27. The Balaban J connectivity index is 1.96. The molecule has 128 valence electrons. The van der Waals surface area contributed by atoms with Crippen LogP contribution in [0, 0.1) is 0 Å². The molecule has 2 amide bonds. The third-order valence-electron chi connectivity index (χ3n) is 3.33. The van der Waals surface area contributed by atoms with Gasteiger partial charge in [-0.2, -0.15) is 13.2 Å². The minimum atomic E-state index is -4.48. The second-order valence-electron chi connectivity index (χ2n) is 5.25. The Labute approximate surface area is 137 Å². The molecule has 0 heterocycles. The summed E-state index contributed by atoms with van der Waals surface area (Å²) in [5.41, 5.74) is 0.109. The number of aliphatic hydroxyl groups excluding tert-OH is 1. The fraction of sp³-hybridized carbons (Fsp3) is 0.235. The van der Waals surface area contributed by atoms with Crippen LogP contribution in [0.25, 0.3) is 0 Å². The van der Waals surface area contributed by atoms with Gasteiger partial charge < -0.3 is 15.7 Å². The van der Waals surface area contributed by atoms with Gasteiger partial charge in [0.05, 0.1) is 18.2 Å². The van der Waals surface area contributed by atoms with E-state index in [9.17, 15) is 23.1 Å². The molecule has 0 aliphatic carbocycles. The van der Waals surface area contributed by atoms with E-state index in [4.69, 9.17) is 0 Å². The Hall–Kier alpha value is -2.54. The number of carbonyl (C=O) groups is 1. The molecular formula is C17H17F3N2O2. The first-order valence-corrected chi connectivity index (χ1v) is 7.28. The summed E-state index contributed by atoms with van der Waals surface area (Å²) in [6.07, 6.45) is -4.07. The molecule has 4 nitrogen and oxygen atoms in total. The quantitative estimate of drug-likeness (QED) is 0.782. The van der Waals surface area contributed by atoms with Gasteiger partial charge in [0.1, 0.15) is 0 Å². The van der Waals surface area contributed by atoms with E-state index in [-0.39, 0.29) is 12.3 Å². The Morgan fingerprint density at radius 2 is 1.79 bits per heavy atom. The summed E-state index contributed by atoms with van der Waals surface area (Å²) in [6.45, 7) is -0.287. The summed E-state index contributed by atoms with van der Waals surface area (Å²) in [7, 11) is 0. The van der Waals surface area contributed by atoms with Crippen molar-refractivity contribution in [1.29, 1.82) is 0 Å². The molecular weight excluding hydrogens is 321 g/mol. The van der Waals surface area contributed by atoms with Gasteiger partial charge in [0.2, 0.25) is 0 Å². The molecule has 7 heteroatoms. The summed E-state index contributed by atoms with van der Waals surface area (Å²) in [5.74, 6) is 0. The summed E-state index contributed by atoms with van der Waals surface area (Å²) in [4.78, 5) is 11.9. The second kappa shape index (κ2) is 7.83. The zero-order chi connectivity index (χ0) is 17.6. The lowest BCUT2D eigenvalue weighted by Gasteiger charge is -2.17. The molecule has 2 rings (SSSR count). The van der Waals surface area contributed by atoms with Gasteiger partial charge in [0.15, 0.2) is 0 Å². The number of nitrogens with one attached hydrogen (secondary N) is 2. The molecule has 24 heavy (non-hydrogen) atoms. The molecule has 2 aromatic carbocycles. The number of urea groups is 1. The number of hydrogen-bond acceptors (Lipinski definition) is 2. The summed E-state index contributed by atoms with van der Waals surface area (Å²) < 4.78 is 38.0. The molecule has 1 atom stereocenters. The highest BCUT2D eigenvalue weighted by molar-refractivity contribution is 5.89. The third-order valence-corrected chi connectivity index (χ3v) is 3.33. The first kappa shape index (κ1) is 17.8. The normalized spacial score (nSPS) is 12.5. The number of aliphatic hydroxyl groups is 1. The number of carbonyl (C=O) groups excluding carboxylic acids is 1. The molecule has 0 radical (unpaired) electrons. The van der Waals surface area contributed by atoms with Crippen molar-refractivity contribution in [1.82, 2.24) is 5.32 Å². The van der Waals surface area contributed by atoms with E-state index in [0.717, 1.165) is 17.7 Å². The van der Waals surface area contributed by atoms with E-state index in [2.05, 4.69) is 10.6 Å². The van der Waals surface area contributed by atoms with Crippen LogP contribution < -0.4 is 10.6 Å². The molecule has 0 aliphatic rings. The van der Waals surface area contributed by atoms with E-state index >= 15 is 0 Å². The van der Waals surface area contributed by atoms with E-state index in [1.807, 2.05) is 30.3 Å². The van der Waals surface area contributed by atoms with Crippen LogP contribution in [0.5, 0.6) is 0 Å². The van der Waals surface area contributed by atoms with Crippen LogP contribution in [0.3, 0.4) is 0 Å². The maximum Gasteiger partial charge on any atom is 0.416 e. The molecule has 0 saturated heterocycles. The van der Waals surface area contributed by atoms with Crippen LogP contribution in [-0.2, 0) is 12.6 Å².